The number of nitrogens with one attached hydrogen (secondary N) is 2. The molecule has 1 saturated heterocycles. The fraction of sp³-hybridized carbons (Fsp3) is 0.875. The highest BCUT2D eigenvalue weighted by Crippen LogP contribution is 2.24. The first-order valence-electron chi connectivity index (χ1n) is 8.50. The number of carbonyl (C=O) groups excluding carboxylic acids is 1. The maximum atomic E-state index is 11.6. The lowest BCUT2D eigenvalue weighted by Gasteiger charge is -2.36. The van der Waals surface area contributed by atoms with Crippen LogP contribution < -0.4 is 10.6 Å². The lowest BCUT2D eigenvalue weighted by molar-refractivity contribution is -0.120. The van der Waals surface area contributed by atoms with Crippen molar-refractivity contribution in [3.05, 3.63) is 0 Å². The quantitative estimate of drug-likeness (QED) is 0.554. The maximum Gasteiger partial charge on any atom is 0.221 e. The van der Waals surface area contributed by atoms with Crippen molar-refractivity contribution in [3.63, 3.8) is 0 Å². The smallest absolute Gasteiger partial charge is 0.221 e. The summed E-state index contributed by atoms with van der Waals surface area (Å²) in [6, 6.07) is 0. The zero-order chi connectivity index (χ0) is 16.4. The molecular weight excluding hydrogens is 296 g/mol. The molecule has 0 aromatic carbocycles. The Kier molecular flexibility index (Phi) is 9.36. The molecule has 1 rings (SSSR count). The molecule has 1 heterocycles. The third-order valence-corrected chi connectivity index (χ3v) is 5.18. The van der Waals surface area contributed by atoms with Gasteiger partial charge in [-0.15, -0.1) is 0 Å². The SMILES string of the molecule is CCCNC(=O)CCN=C(NCC)N1CCSC(C(C)C)C1. The predicted octanol–water partition coefficient (Wildman–Crippen LogP) is 1.94. The Morgan fingerprint density at radius 2 is 2.14 bits per heavy atom. The van der Waals surface area contributed by atoms with E-state index in [1.165, 1.54) is 0 Å². The Morgan fingerprint density at radius 1 is 1.36 bits per heavy atom. The van der Waals surface area contributed by atoms with Crippen molar-refractivity contribution in [2.45, 2.75) is 45.8 Å². The summed E-state index contributed by atoms with van der Waals surface area (Å²) in [5.41, 5.74) is 0. The zero-order valence-electron chi connectivity index (χ0n) is 14.5. The highest BCUT2D eigenvalue weighted by molar-refractivity contribution is 8.00. The maximum absolute atomic E-state index is 11.6. The van der Waals surface area contributed by atoms with Crippen LogP contribution in [-0.4, -0.2) is 60.5 Å². The summed E-state index contributed by atoms with van der Waals surface area (Å²) in [5.74, 6) is 2.87. The van der Waals surface area contributed by atoms with Gasteiger partial charge in [-0.2, -0.15) is 11.8 Å². The van der Waals surface area contributed by atoms with Crippen LogP contribution in [0.25, 0.3) is 0 Å². The van der Waals surface area contributed by atoms with Gasteiger partial charge in [0.25, 0.3) is 0 Å². The lowest BCUT2D eigenvalue weighted by atomic mass is 10.1. The highest BCUT2D eigenvalue weighted by atomic mass is 32.2. The second-order valence-electron chi connectivity index (χ2n) is 5.93. The van der Waals surface area contributed by atoms with Gasteiger partial charge < -0.3 is 15.5 Å². The van der Waals surface area contributed by atoms with Crippen LogP contribution in [0, 0.1) is 5.92 Å². The molecule has 0 aromatic rings. The molecule has 1 aliphatic rings. The highest BCUT2D eigenvalue weighted by Gasteiger charge is 2.24. The molecule has 0 saturated carbocycles. The average molecular weight is 329 g/mol. The summed E-state index contributed by atoms with van der Waals surface area (Å²) in [4.78, 5) is 18.6. The van der Waals surface area contributed by atoms with E-state index in [2.05, 4.69) is 60.0 Å². The van der Waals surface area contributed by atoms with Gasteiger partial charge in [-0.25, -0.2) is 0 Å². The molecule has 1 aliphatic heterocycles. The molecular formula is C16H32N4OS. The van der Waals surface area contributed by atoms with Gasteiger partial charge in [0, 0.05) is 43.6 Å². The molecule has 5 nitrogen and oxygen atoms in total. The van der Waals surface area contributed by atoms with Crippen molar-refractivity contribution in [2.75, 3.05) is 38.5 Å². The second kappa shape index (κ2) is 10.8. The molecule has 0 aromatic heterocycles. The molecule has 1 amide bonds. The number of carbonyl (C=O) groups is 1. The Morgan fingerprint density at radius 3 is 2.77 bits per heavy atom. The van der Waals surface area contributed by atoms with E-state index in [1.807, 2.05) is 0 Å². The first-order chi connectivity index (χ1) is 10.6. The second-order valence-corrected chi connectivity index (χ2v) is 7.28. The van der Waals surface area contributed by atoms with Gasteiger partial charge in [0.05, 0.1) is 6.54 Å². The molecule has 0 bridgehead atoms. The third-order valence-electron chi connectivity index (χ3n) is 3.64. The number of aliphatic imine (C=N–C) groups is 1. The predicted molar refractivity (Wildman–Crippen MR) is 96.6 cm³/mol. The van der Waals surface area contributed by atoms with E-state index in [1.54, 1.807) is 0 Å². The minimum absolute atomic E-state index is 0.0932. The van der Waals surface area contributed by atoms with Crippen LogP contribution in [-0.2, 0) is 4.79 Å². The molecule has 6 heteroatoms. The van der Waals surface area contributed by atoms with Crippen LogP contribution in [0.15, 0.2) is 4.99 Å². The summed E-state index contributed by atoms with van der Waals surface area (Å²) in [5, 5.41) is 6.92. The minimum Gasteiger partial charge on any atom is -0.357 e. The number of hydrogen-bond acceptors (Lipinski definition) is 3. The number of amides is 1. The number of guanidine groups is 1. The van der Waals surface area contributed by atoms with Gasteiger partial charge in [0.15, 0.2) is 5.96 Å². The summed E-state index contributed by atoms with van der Waals surface area (Å²) < 4.78 is 0. The van der Waals surface area contributed by atoms with Crippen LogP contribution in [0.5, 0.6) is 0 Å². The zero-order valence-corrected chi connectivity index (χ0v) is 15.3. The van der Waals surface area contributed by atoms with Crippen molar-refractivity contribution in [3.8, 4) is 0 Å². The third kappa shape index (κ3) is 6.90. The number of hydrogen-bond donors (Lipinski definition) is 2. The van der Waals surface area contributed by atoms with Crippen LogP contribution in [0.3, 0.4) is 0 Å². The van der Waals surface area contributed by atoms with Gasteiger partial charge in [-0.3, -0.25) is 9.79 Å². The van der Waals surface area contributed by atoms with Crippen LogP contribution in [0.1, 0.15) is 40.5 Å². The molecule has 0 aliphatic carbocycles. The van der Waals surface area contributed by atoms with Gasteiger partial charge >= 0.3 is 0 Å². The summed E-state index contributed by atoms with van der Waals surface area (Å²) >= 11 is 2.06. The molecule has 1 fully saturated rings. The van der Waals surface area contributed by atoms with Crippen molar-refractivity contribution in [1.29, 1.82) is 0 Å². The van der Waals surface area contributed by atoms with E-state index < -0.39 is 0 Å². The van der Waals surface area contributed by atoms with Crippen molar-refractivity contribution >= 4 is 23.6 Å². The first-order valence-corrected chi connectivity index (χ1v) is 9.54. The molecule has 128 valence electrons. The van der Waals surface area contributed by atoms with Gasteiger partial charge in [0.2, 0.25) is 5.91 Å². The summed E-state index contributed by atoms with van der Waals surface area (Å²) in [6.07, 6.45) is 1.44. The van der Waals surface area contributed by atoms with Gasteiger partial charge in [-0.1, -0.05) is 20.8 Å². The number of thioether (sulfide) groups is 1. The fourth-order valence-corrected chi connectivity index (χ4v) is 3.61. The normalized spacial score (nSPS) is 19.4. The fourth-order valence-electron chi connectivity index (χ4n) is 2.31. The first kappa shape index (κ1) is 19.1. The molecule has 1 unspecified atom stereocenters. The monoisotopic (exact) mass is 328 g/mol. The number of rotatable bonds is 7. The van der Waals surface area contributed by atoms with E-state index in [-0.39, 0.29) is 5.91 Å². The summed E-state index contributed by atoms with van der Waals surface area (Å²) in [7, 11) is 0. The largest absolute Gasteiger partial charge is 0.357 e. The molecule has 0 spiro atoms. The van der Waals surface area contributed by atoms with E-state index in [4.69, 9.17) is 0 Å². The van der Waals surface area contributed by atoms with Crippen molar-refractivity contribution in [1.82, 2.24) is 15.5 Å². The minimum atomic E-state index is 0.0932. The number of nitrogens with zero attached hydrogens (tertiary/aromatic N) is 2. The topological polar surface area (TPSA) is 56.7 Å². The van der Waals surface area contributed by atoms with Crippen molar-refractivity contribution in [2.24, 2.45) is 10.9 Å². The van der Waals surface area contributed by atoms with Crippen LogP contribution >= 0.6 is 11.8 Å². The molecule has 2 N–H and O–H groups in total. The van der Waals surface area contributed by atoms with Crippen LogP contribution in [0.2, 0.25) is 0 Å². The average Bonchev–Trinajstić information content (AvgIpc) is 2.52. The van der Waals surface area contributed by atoms with Gasteiger partial charge in [-0.05, 0) is 19.3 Å². The van der Waals surface area contributed by atoms with Crippen LogP contribution in [0.4, 0.5) is 0 Å². The Balaban J connectivity index is 2.52. The molecule has 22 heavy (non-hydrogen) atoms. The summed E-state index contributed by atoms with van der Waals surface area (Å²) in [6.45, 7) is 12.9. The van der Waals surface area contributed by atoms with Gasteiger partial charge in [0.1, 0.15) is 0 Å². The Hall–Kier alpha value is -0.910. The van der Waals surface area contributed by atoms with Crippen molar-refractivity contribution < 1.29 is 4.79 Å². The van der Waals surface area contributed by atoms with E-state index in [0.717, 1.165) is 44.3 Å². The molecule has 1 atom stereocenters. The van der Waals surface area contributed by atoms with E-state index >= 15 is 0 Å². The lowest BCUT2D eigenvalue weighted by Crippen LogP contribution is -2.49. The van der Waals surface area contributed by atoms with E-state index in [9.17, 15) is 4.79 Å². The molecule has 0 radical (unpaired) electrons. The standard InChI is InChI=1S/C16H32N4OS/c1-5-8-18-15(21)7-9-19-16(17-6-2)20-10-11-22-14(12-20)13(3)4/h13-14H,5-12H2,1-4H3,(H,17,19)(H,18,21). The van der Waals surface area contributed by atoms with E-state index in [0.29, 0.717) is 24.1 Å². The Labute approximate surface area is 139 Å². The Bertz CT molecular complexity index is 360.